The van der Waals surface area contributed by atoms with Crippen molar-refractivity contribution in [2.45, 2.75) is 25.5 Å². The van der Waals surface area contributed by atoms with Crippen LogP contribution in [0.5, 0.6) is 0 Å². The molecule has 3 atom stereocenters. The molecule has 5 nitrogen and oxygen atoms in total. The van der Waals surface area contributed by atoms with Gasteiger partial charge in [0.05, 0.1) is 0 Å². The van der Waals surface area contributed by atoms with Crippen LogP contribution in [0.4, 0.5) is 0 Å². The monoisotopic (exact) mass is 177 g/mol. The average molecular weight is 177 g/mol. The third-order valence-electron chi connectivity index (χ3n) is 2.11. The maximum atomic E-state index is 11.0. The molecule has 1 rings (SSSR count). The Balaban J connectivity index is 2.65. The van der Waals surface area contributed by atoms with Gasteiger partial charge in [0.2, 0.25) is 6.41 Å². The van der Waals surface area contributed by atoms with E-state index >= 15 is 0 Å². The fourth-order valence-corrected chi connectivity index (χ4v) is 1.21. The van der Waals surface area contributed by atoms with Gasteiger partial charge in [0, 0.05) is 13.2 Å². The average Bonchev–Trinajstić information content (AvgIpc) is 2.43. The largest absolute Gasteiger partial charge is 0.479 e. The molecule has 0 aromatic carbocycles. The summed E-state index contributed by atoms with van der Waals surface area (Å²) in [5, 5.41) is 3.85. The van der Waals surface area contributed by atoms with Gasteiger partial charge >= 0.3 is 5.97 Å². The second kappa shape index (κ2) is 3.38. The topological polar surface area (TPSA) is 59.0 Å². The molecule has 0 amide bonds. The zero-order valence-corrected chi connectivity index (χ0v) is 7.31. The van der Waals surface area contributed by atoms with E-state index < -0.39 is 18.5 Å². The van der Waals surface area contributed by atoms with Gasteiger partial charge in [0.1, 0.15) is 0 Å². The van der Waals surface area contributed by atoms with Crippen LogP contribution in [0.3, 0.4) is 0 Å². The first-order valence-electron chi connectivity index (χ1n) is 4.09. The summed E-state index contributed by atoms with van der Waals surface area (Å²) in [4.78, 5) is 12.8. The number of carboxylic acids is 1. The molecule has 1 fully saturated rings. The zero-order chi connectivity index (χ0) is 10.0. The van der Waals surface area contributed by atoms with Crippen LogP contribution in [0.25, 0.3) is 1.43 Å². The highest BCUT2D eigenvalue weighted by molar-refractivity contribution is 5.73. The first kappa shape index (κ1) is 7.97. The molecule has 1 saturated heterocycles. The van der Waals surface area contributed by atoms with Crippen LogP contribution in [-0.2, 0) is 14.3 Å². The van der Waals surface area contributed by atoms with Crippen molar-refractivity contribution in [1.29, 1.82) is 1.43 Å². The van der Waals surface area contributed by atoms with E-state index in [0.29, 0.717) is 0 Å². The number of carboxylic acid groups (broad SMARTS) is 1. The predicted molar refractivity (Wildman–Crippen MR) is 40.5 cm³/mol. The Morgan fingerprint density at radius 3 is 2.92 bits per heavy atom. The lowest BCUT2D eigenvalue weighted by Crippen LogP contribution is -2.36. The van der Waals surface area contributed by atoms with Crippen molar-refractivity contribution in [3.8, 4) is 0 Å². The van der Waals surface area contributed by atoms with Crippen LogP contribution >= 0.6 is 0 Å². The highest BCUT2D eigenvalue weighted by atomic mass is 16.7. The molecule has 0 bridgehead atoms. The quantitative estimate of drug-likeness (QED) is 0.628. The molecule has 0 aromatic rings. The zero-order valence-electron chi connectivity index (χ0n) is 8.31. The van der Waals surface area contributed by atoms with E-state index in [0.717, 1.165) is 0 Å². The smallest absolute Gasteiger partial charge is 0.334 e. The SMILES string of the molecule is [3H]OC(=O)C1OC(OC)N(C)C1C. The molecule has 1 aliphatic rings. The minimum absolute atomic E-state index is 0.150. The van der Waals surface area contributed by atoms with Gasteiger partial charge in [-0.25, -0.2) is 4.79 Å². The second-order valence-electron chi connectivity index (χ2n) is 2.82. The molecule has 0 saturated carbocycles. The Hall–Kier alpha value is -0.650. The third-order valence-corrected chi connectivity index (χ3v) is 2.11. The van der Waals surface area contributed by atoms with E-state index in [1.54, 1.807) is 18.9 Å². The van der Waals surface area contributed by atoms with Crippen LogP contribution in [0, 0.1) is 0 Å². The highest BCUT2D eigenvalue weighted by Gasteiger charge is 2.41. The minimum Gasteiger partial charge on any atom is -0.479 e. The van der Waals surface area contributed by atoms with Crippen molar-refractivity contribution in [1.82, 2.24) is 4.90 Å². The molecule has 3 unspecified atom stereocenters. The lowest BCUT2D eigenvalue weighted by molar-refractivity contribution is -0.180. The number of rotatable bonds is 2. The van der Waals surface area contributed by atoms with Crippen molar-refractivity contribution in [2.24, 2.45) is 0 Å². The molecule has 0 aromatic heterocycles. The van der Waals surface area contributed by atoms with Crippen LogP contribution in [0.1, 0.15) is 6.92 Å². The molecular weight excluding hydrogens is 162 g/mol. The van der Waals surface area contributed by atoms with Crippen molar-refractivity contribution in [3.63, 3.8) is 0 Å². The van der Waals surface area contributed by atoms with Crippen LogP contribution in [-0.4, -0.2) is 48.7 Å². The molecule has 0 spiro atoms. The van der Waals surface area contributed by atoms with Gasteiger partial charge in [-0.15, -0.1) is 0 Å². The van der Waals surface area contributed by atoms with Gasteiger partial charge in [-0.3, -0.25) is 4.90 Å². The Morgan fingerprint density at radius 1 is 1.83 bits per heavy atom. The fourth-order valence-electron chi connectivity index (χ4n) is 1.21. The Morgan fingerprint density at radius 2 is 2.50 bits per heavy atom. The second-order valence-corrected chi connectivity index (χ2v) is 2.82. The maximum absolute atomic E-state index is 11.0. The van der Waals surface area contributed by atoms with Gasteiger partial charge < -0.3 is 14.6 Å². The molecular formula is C7H13NO4. The number of carbonyl (C=O) groups is 1. The maximum Gasteiger partial charge on any atom is 0.334 e. The Kier molecular flexibility index (Phi) is 2.25. The summed E-state index contributed by atoms with van der Waals surface area (Å²) in [7, 11) is 3.26. The van der Waals surface area contributed by atoms with Crippen LogP contribution in [0.15, 0.2) is 0 Å². The van der Waals surface area contributed by atoms with E-state index in [-0.39, 0.29) is 6.04 Å². The van der Waals surface area contributed by atoms with E-state index in [1.165, 1.54) is 7.11 Å². The summed E-state index contributed by atoms with van der Waals surface area (Å²) < 4.78 is 16.6. The van der Waals surface area contributed by atoms with Gasteiger partial charge in [-0.1, -0.05) is 0 Å². The van der Waals surface area contributed by atoms with Crippen molar-refractivity contribution in [2.75, 3.05) is 14.2 Å². The van der Waals surface area contributed by atoms with Crippen molar-refractivity contribution < 1.29 is 19.4 Å². The first-order valence-corrected chi connectivity index (χ1v) is 3.69. The number of methoxy groups -OCH3 is 1. The van der Waals surface area contributed by atoms with Crippen molar-refractivity contribution >= 4 is 5.97 Å². The predicted octanol–water partition coefficient (Wildman–Crippen LogP) is -0.280. The summed E-state index contributed by atoms with van der Waals surface area (Å²) in [6.45, 7) is 1.81. The molecule has 70 valence electrons. The van der Waals surface area contributed by atoms with Crippen molar-refractivity contribution in [3.05, 3.63) is 0 Å². The lowest BCUT2D eigenvalue weighted by atomic mass is 10.2. The fraction of sp³-hybridized carbons (Fsp3) is 0.857. The number of ether oxygens (including phenoxy) is 2. The molecule has 1 heterocycles. The minimum atomic E-state index is -0.743. The lowest BCUT2D eigenvalue weighted by Gasteiger charge is -2.18. The molecule has 0 radical (unpaired) electrons. The number of nitrogens with zero attached hydrogens (tertiary/aromatic N) is 1. The summed E-state index contributed by atoms with van der Waals surface area (Å²) >= 11 is 0. The molecule has 5 heteroatoms. The van der Waals surface area contributed by atoms with Gasteiger partial charge in [-0.2, -0.15) is 0 Å². The summed E-state index contributed by atoms with van der Waals surface area (Å²) in [5.74, 6) is -0.695. The van der Waals surface area contributed by atoms with Gasteiger partial charge in [0.25, 0.3) is 1.43 Å². The number of hydrogen-bond acceptors (Lipinski definition) is 5. The van der Waals surface area contributed by atoms with Crippen LogP contribution in [0.2, 0.25) is 0 Å². The number of likely N-dealkylation sites (N-methyl/N-ethyl adjacent to an activating group) is 1. The first-order chi connectivity index (χ1) is 6.11. The van der Waals surface area contributed by atoms with E-state index in [1.807, 2.05) is 0 Å². The van der Waals surface area contributed by atoms with Gasteiger partial charge in [-0.05, 0) is 14.0 Å². The van der Waals surface area contributed by atoms with E-state index in [9.17, 15) is 4.79 Å². The summed E-state index contributed by atoms with van der Waals surface area (Å²) in [5.41, 5.74) is 0. The van der Waals surface area contributed by atoms with Crippen LogP contribution < -0.4 is 0 Å². The normalized spacial score (nSPS) is 37.9. The Bertz CT molecular complexity index is 201. The van der Waals surface area contributed by atoms with E-state index in [4.69, 9.17) is 10.9 Å². The Labute approximate surface area is 72.4 Å². The highest BCUT2D eigenvalue weighted by Crippen LogP contribution is 2.21. The number of hydrogen-bond donors (Lipinski definition) is 1. The van der Waals surface area contributed by atoms with Gasteiger partial charge in [0.15, 0.2) is 6.10 Å². The summed E-state index contributed by atoms with van der Waals surface area (Å²) in [6.07, 6.45) is -1.29. The standard InChI is InChI=1S/C7H13NO4/c1-4-5(6(9)10)12-7(11-3)8(4)2/h4-5,7H,1-3H3,(H,9,10)/i/hT. The molecule has 0 aliphatic carbocycles. The molecule has 1 N–H and O–H groups in total. The number of aliphatic carboxylic acids is 1. The van der Waals surface area contributed by atoms with E-state index in [2.05, 4.69) is 5.11 Å². The molecule has 12 heavy (non-hydrogen) atoms. The third kappa shape index (κ3) is 1.43. The summed E-state index contributed by atoms with van der Waals surface area (Å²) in [6, 6.07) is -0.150. The molecule has 1 aliphatic heterocycles.